The molecule has 126 valence electrons. The Hall–Kier alpha value is -2.04. The van der Waals surface area contributed by atoms with Crippen molar-refractivity contribution in [3.8, 4) is 0 Å². The summed E-state index contributed by atoms with van der Waals surface area (Å²) in [6, 6.07) is 3.69. The van der Waals surface area contributed by atoms with E-state index in [0.29, 0.717) is 26.3 Å². The molecule has 1 saturated heterocycles. The van der Waals surface area contributed by atoms with Gasteiger partial charge in [0.15, 0.2) is 0 Å². The lowest BCUT2D eigenvalue weighted by molar-refractivity contribution is -0.385. The average Bonchev–Trinajstić information content (AvgIpc) is 2.54. The van der Waals surface area contributed by atoms with Gasteiger partial charge in [-0.05, 0) is 13.0 Å². The van der Waals surface area contributed by atoms with Gasteiger partial charge in [0.05, 0.1) is 29.1 Å². The van der Waals surface area contributed by atoms with Gasteiger partial charge >= 0.3 is 0 Å². The van der Waals surface area contributed by atoms with Crippen molar-refractivity contribution in [2.45, 2.75) is 17.9 Å². The third-order valence-corrected chi connectivity index (χ3v) is 4.90. The largest absolute Gasteiger partial charge is 0.378 e. The zero-order chi connectivity index (χ0) is 17.0. The lowest BCUT2D eigenvalue weighted by atomic mass is 10.3. The summed E-state index contributed by atoms with van der Waals surface area (Å²) >= 11 is 0. The molecule has 10 heteroatoms. The molecule has 1 N–H and O–H groups in total. The zero-order valence-corrected chi connectivity index (χ0v) is 13.3. The number of carbonyl (C=O) groups excluding carboxylic acids is 1. The van der Waals surface area contributed by atoms with Crippen molar-refractivity contribution in [3.63, 3.8) is 0 Å². The van der Waals surface area contributed by atoms with Crippen molar-refractivity contribution in [3.05, 3.63) is 34.4 Å². The number of hydrogen-bond acceptors (Lipinski definition) is 6. The van der Waals surface area contributed by atoms with Gasteiger partial charge in [0.2, 0.25) is 15.9 Å². The zero-order valence-electron chi connectivity index (χ0n) is 12.5. The predicted octanol–water partition coefficient (Wildman–Crippen LogP) is 0.120. The number of sulfonamides is 1. The van der Waals surface area contributed by atoms with Crippen molar-refractivity contribution >= 4 is 21.6 Å². The normalized spacial score (nSPS) is 16.8. The highest BCUT2D eigenvalue weighted by atomic mass is 32.2. The lowest BCUT2D eigenvalue weighted by Gasteiger charge is -2.29. The van der Waals surface area contributed by atoms with Gasteiger partial charge in [0, 0.05) is 25.2 Å². The number of non-ortho nitro benzene ring substituents is 1. The number of rotatable bonds is 5. The van der Waals surface area contributed by atoms with Crippen LogP contribution in [0.1, 0.15) is 6.92 Å². The SMILES string of the molecule is C[C@@H](NS(=O)(=O)c1cccc([N+](=O)[O-])c1)C(=O)N1CCOCC1. The third kappa shape index (κ3) is 4.24. The Morgan fingerprint density at radius 1 is 1.39 bits per heavy atom. The third-order valence-electron chi connectivity index (χ3n) is 3.36. The molecule has 1 heterocycles. The molecule has 0 aromatic heterocycles. The Morgan fingerprint density at radius 3 is 2.65 bits per heavy atom. The minimum Gasteiger partial charge on any atom is -0.378 e. The second kappa shape index (κ2) is 7.02. The summed E-state index contributed by atoms with van der Waals surface area (Å²) < 4.78 is 31.9. The highest BCUT2D eigenvalue weighted by Crippen LogP contribution is 2.17. The number of nitro benzene ring substituents is 1. The van der Waals surface area contributed by atoms with Gasteiger partial charge in [-0.15, -0.1) is 0 Å². The summed E-state index contributed by atoms with van der Waals surface area (Å²) in [5.74, 6) is -0.359. The Bertz CT molecular complexity index is 699. The molecular formula is C13H17N3O6S. The van der Waals surface area contributed by atoms with E-state index in [0.717, 1.165) is 6.07 Å². The minimum atomic E-state index is -4.03. The predicted molar refractivity (Wildman–Crippen MR) is 80.3 cm³/mol. The molecule has 1 atom stereocenters. The average molecular weight is 343 g/mol. The Kier molecular flexibility index (Phi) is 5.29. The van der Waals surface area contributed by atoms with E-state index in [2.05, 4.69) is 4.72 Å². The fourth-order valence-electron chi connectivity index (χ4n) is 2.17. The molecule has 9 nitrogen and oxygen atoms in total. The van der Waals surface area contributed by atoms with Crippen LogP contribution in [0.4, 0.5) is 5.69 Å². The maximum Gasteiger partial charge on any atom is 0.270 e. The summed E-state index contributed by atoms with van der Waals surface area (Å²) in [7, 11) is -4.03. The molecule has 1 amide bonds. The molecule has 1 aliphatic heterocycles. The maximum absolute atomic E-state index is 12.3. The minimum absolute atomic E-state index is 0.256. The number of nitrogens with zero attached hydrogens (tertiary/aromatic N) is 2. The molecule has 0 unspecified atom stereocenters. The van der Waals surface area contributed by atoms with Crippen LogP contribution in [0.3, 0.4) is 0 Å². The second-order valence-corrected chi connectivity index (χ2v) is 6.75. The first kappa shape index (κ1) is 17.3. The van der Waals surface area contributed by atoms with Crippen molar-refractivity contribution in [1.29, 1.82) is 0 Å². The molecule has 0 radical (unpaired) electrons. The van der Waals surface area contributed by atoms with E-state index >= 15 is 0 Å². The second-order valence-electron chi connectivity index (χ2n) is 5.04. The van der Waals surface area contributed by atoms with Crippen molar-refractivity contribution in [1.82, 2.24) is 9.62 Å². The van der Waals surface area contributed by atoms with Crippen LogP contribution in [0.5, 0.6) is 0 Å². The van der Waals surface area contributed by atoms with E-state index in [1.54, 1.807) is 0 Å². The van der Waals surface area contributed by atoms with E-state index < -0.39 is 21.0 Å². The standard InChI is InChI=1S/C13H17N3O6S/c1-10(13(17)15-5-7-22-8-6-15)14-23(20,21)12-4-2-3-11(9-12)16(18)19/h2-4,9-10,14H,5-8H2,1H3/t10-/m1/s1. The summed E-state index contributed by atoms with van der Waals surface area (Å²) in [5, 5.41) is 10.7. The highest BCUT2D eigenvalue weighted by molar-refractivity contribution is 7.89. The van der Waals surface area contributed by atoms with Crippen LogP contribution in [0, 0.1) is 10.1 Å². The van der Waals surface area contributed by atoms with Crippen LogP contribution in [-0.4, -0.2) is 56.5 Å². The first-order valence-electron chi connectivity index (χ1n) is 6.94. The summed E-state index contributed by atoms with van der Waals surface area (Å²) in [5.41, 5.74) is -0.333. The van der Waals surface area contributed by atoms with Gasteiger partial charge in [0.1, 0.15) is 0 Å². The van der Waals surface area contributed by atoms with Gasteiger partial charge < -0.3 is 9.64 Å². The first-order valence-corrected chi connectivity index (χ1v) is 8.43. The number of ether oxygens (including phenoxy) is 1. The lowest BCUT2D eigenvalue weighted by Crippen LogP contribution is -2.50. The molecule has 1 aromatic carbocycles. The van der Waals surface area contributed by atoms with Gasteiger partial charge in [-0.1, -0.05) is 6.07 Å². The quantitative estimate of drug-likeness (QED) is 0.599. The maximum atomic E-state index is 12.3. The van der Waals surface area contributed by atoms with Gasteiger partial charge in [0.25, 0.3) is 5.69 Å². The van der Waals surface area contributed by atoms with E-state index in [1.165, 1.54) is 30.0 Å². The van der Waals surface area contributed by atoms with E-state index in [9.17, 15) is 23.3 Å². The summed E-state index contributed by atoms with van der Waals surface area (Å²) in [4.78, 5) is 23.5. The summed E-state index contributed by atoms with van der Waals surface area (Å²) in [6.07, 6.45) is 0. The van der Waals surface area contributed by atoms with E-state index in [4.69, 9.17) is 4.74 Å². The van der Waals surface area contributed by atoms with Gasteiger partial charge in [-0.25, -0.2) is 8.42 Å². The number of carbonyl (C=O) groups is 1. The fraction of sp³-hybridized carbons (Fsp3) is 0.462. The molecule has 1 aliphatic rings. The van der Waals surface area contributed by atoms with Gasteiger partial charge in [-0.2, -0.15) is 4.72 Å². The van der Waals surface area contributed by atoms with Gasteiger partial charge in [-0.3, -0.25) is 14.9 Å². The molecule has 0 saturated carbocycles. The first-order chi connectivity index (χ1) is 10.8. The number of nitrogens with one attached hydrogen (secondary N) is 1. The smallest absolute Gasteiger partial charge is 0.270 e. The number of amides is 1. The molecular weight excluding hydrogens is 326 g/mol. The Labute approximate surface area is 133 Å². The molecule has 1 fully saturated rings. The molecule has 1 aromatic rings. The molecule has 0 spiro atoms. The summed E-state index contributed by atoms with van der Waals surface area (Å²) in [6.45, 7) is 3.07. The van der Waals surface area contributed by atoms with Crippen LogP contribution >= 0.6 is 0 Å². The number of morpholine rings is 1. The van der Waals surface area contributed by atoms with E-state index in [1.807, 2.05) is 0 Å². The Morgan fingerprint density at radius 2 is 2.04 bits per heavy atom. The van der Waals surface area contributed by atoms with Crippen molar-refractivity contribution in [2.24, 2.45) is 0 Å². The number of nitro groups is 1. The van der Waals surface area contributed by atoms with Crippen molar-refractivity contribution < 1.29 is 22.9 Å². The van der Waals surface area contributed by atoms with Crippen LogP contribution in [0.2, 0.25) is 0 Å². The molecule has 0 aliphatic carbocycles. The van der Waals surface area contributed by atoms with Crippen LogP contribution < -0.4 is 4.72 Å². The van der Waals surface area contributed by atoms with Crippen LogP contribution in [-0.2, 0) is 19.6 Å². The molecule has 23 heavy (non-hydrogen) atoms. The fourth-order valence-corrected chi connectivity index (χ4v) is 3.41. The topological polar surface area (TPSA) is 119 Å². The molecule has 2 rings (SSSR count). The van der Waals surface area contributed by atoms with Crippen LogP contribution in [0.15, 0.2) is 29.2 Å². The monoisotopic (exact) mass is 343 g/mol. The highest BCUT2D eigenvalue weighted by Gasteiger charge is 2.27. The molecule has 0 bridgehead atoms. The van der Waals surface area contributed by atoms with E-state index in [-0.39, 0.29) is 16.5 Å². The Balaban J connectivity index is 2.12. The van der Waals surface area contributed by atoms with Crippen molar-refractivity contribution in [2.75, 3.05) is 26.3 Å². The van der Waals surface area contributed by atoms with Crippen LogP contribution in [0.25, 0.3) is 0 Å². The number of hydrogen-bond donors (Lipinski definition) is 1. The number of benzene rings is 1.